The number of thioether (sulfide) groups is 1. The number of aromatic amines is 1. The third-order valence-electron chi connectivity index (χ3n) is 11.3. The molecule has 0 bridgehead atoms. The van der Waals surface area contributed by atoms with Gasteiger partial charge in [0.25, 0.3) is 0 Å². The maximum Gasteiger partial charge on any atom is 0.446 e. The van der Waals surface area contributed by atoms with Gasteiger partial charge in [0, 0.05) is 42.9 Å². The van der Waals surface area contributed by atoms with Gasteiger partial charge in [-0.3, -0.25) is 38.1 Å². The maximum absolute atomic E-state index is 14.3. The SMILES string of the molecule is CCCC[C@H](NC(=O)[C@H](Cc1ccc(OS(=O)(=O)O)cc1)NC(=O)OC(C)(C)C)C(=O)NCC(=O)N[C@@H](Cc1c[nH]c2ccccc12)C(=O)N[C@@H](CCSC)C(=O)N[C@@H](CCC(=O)O)C(=O)NCCc1ccccc1. The van der Waals surface area contributed by atoms with Gasteiger partial charge in [-0.1, -0.05) is 80.4 Å². The van der Waals surface area contributed by atoms with Crippen molar-refractivity contribution in [1.29, 1.82) is 0 Å². The highest BCUT2D eigenvalue weighted by Gasteiger charge is 2.32. The van der Waals surface area contributed by atoms with Gasteiger partial charge in [-0.2, -0.15) is 20.2 Å². The van der Waals surface area contributed by atoms with Crippen LogP contribution in [0.2, 0.25) is 0 Å². The van der Waals surface area contributed by atoms with Crippen molar-refractivity contribution in [2.75, 3.05) is 25.1 Å². The number of aliphatic carboxylic acids is 1. The number of alkyl carbamates (subject to hydrolysis) is 1. The highest BCUT2D eigenvalue weighted by molar-refractivity contribution is 7.98. The zero-order valence-corrected chi connectivity index (χ0v) is 44.2. The Labute approximate surface area is 440 Å². The van der Waals surface area contributed by atoms with Gasteiger partial charge in [0.15, 0.2) is 0 Å². The van der Waals surface area contributed by atoms with Crippen LogP contribution in [-0.4, -0.2) is 131 Å². The molecule has 1 aromatic heterocycles. The van der Waals surface area contributed by atoms with E-state index in [0.29, 0.717) is 36.1 Å². The predicted molar refractivity (Wildman–Crippen MR) is 281 cm³/mol. The minimum atomic E-state index is -4.81. The lowest BCUT2D eigenvalue weighted by Gasteiger charge is -2.26. The molecule has 408 valence electrons. The number of rotatable bonds is 30. The number of carbonyl (C=O) groups excluding carboxylic acids is 7. The normalized spacial score (nSPS) is 13.4. The van der Waals surface area contributed by atoms with Gasteiger partial charge in [-0.25, -0.2) is 4.79 Å². The van der Waals surface area contributed by atoms with Crippen LogP contribution in [0.1, 0.15) is 82.9 Å². The molecule has 3 aromatic carbocycles. The molecule has 0 saturated heterocycles. The highest BCUT2D eigenvalue weighted by Crippen LogP contribution is 2.20. The molecule has 0 saturated carbocycles. The summed E-state index contributed by atoms with van der Waals surface area (Å²) in [5, 5.41) is 28.7. The maximum atomic E-state index is 14.3. The Morgan fingerprint density at radius 2 is 1.27 bits per heavy atom. The minimum Gasteiger partial charge on any atom is -0.481 e. The summed E-state index contributed by atoms with van der Waals surface area (Å²) in [4.78, 5) is 111. The summed E-state index contributed by atoms with van der Waals surface area (Å²) in [6, 6.07) is 15.5. The number of hydrogen-bond acceptors (Lipinski definition) is 13. The lowest BCUT2D eigenvalue weighted by molar-refractivity contribution is -0.138. The molecule has 0 aliphatic rings. The number of ether oxygens (including phenoxy) is 1. The van der Waals surface area contributed by atoms with E-state index < -0.39 is 107 Å². The zero-order valence-electron chi connectivity index (χ0n) is 42.6. The number of carboxylic acid groups (broad SMARTS) is 1. The second-order valence-corrected chi connectivity index (χ2v) is 20.5. The summed E-state index contributed by atoms with van der Waals surface area (Å²) in [7, 11) is -4.81. The van der Waals surface area contributed by atoms with Crippen LogP contribution in [0.15, 0.2) is 85.1 Å². The molecule has 0 spiro atoms. The first-order valence-corrected chi connectivity index (χ1v) is 27.1. The number of benzene rings is 3. The van der Waals surface area contributed by atoms with Crippen LogP contribution >= 0.6 is 11.8 Å². The van der Waals surface area contributed by atoms with Crippen LogP contribution in [0.25, 0.3) is 10.9 Å². The smallest absolute Gasteiger partial charge is 0.446 e. The van der Waals surface area contributed by atoms with E-state index >= 15 is 0 Å². The van der Waals surface area contributed by atoms with Gasteiger partial charge in [0.2, 0.25) is 35.4 Å². The summed E-state index contributed by atoms with van der Waals surface area (Å²) in [6.45, 7) is 6.29. The van der Waals surface area contributed by atoms with Crippen molar-refractivity contribution >= 4 is 80.6 Å². The highest BCUT2D eigenvalue weighted by atomic mass is 32.3. The number of carbonyl (C=O) groups is 8. The van der Waals surface area contributed by atoms with Crippen LogP contribution in [0.4, 0.5) is 4.79 Å². The van der Waals surface area contributed by atoms with Crippen molar-refractivity contribution < 1.29 is 65.4 Å². The van der Waals surface area contributed by atoms with Crippen LogP contribution in [-0.2, 0) is 68.0 Å². The molecule has 7 amide bonds. The third kappa shape index (κ3) is 22.1. The number of H-pyrrole nitrogens is 1. The van der Waals surface area contributed by atoms with Gasteiger partial charge < -0.3 is 56.2 Å². The molecule has 0 aliphatic carbocycles. The second kappa shape index (κ2) is 29.6. The van der Waals surface area contributed by atoms with E-state index in [0.717, 1.165) is 16.5 Å². The summed E-state index contributed by atoms with van der Waals surface area (Å²) < 4.78 is 41.3. The van der Waals surface area contributed by atoms with Crippen molar-refractivity contribution in [2.24, 2.45) is 0 Å². The van der Waals surface area contributed by atoms with Crippen LogP contribution in [0, 0.1) is 0 Å². The fraction of sp³-hybridized carbons (Fsp3) is 0.451. The van der Waals surface area contributed by atoms with Crippen LogP contribution < -0.4 is 41.4 Å². The second-order valence-electron chi connectivity index (χ2n) is 18.5. The molecule has 75 heavy (non-hydrogen) atoms. The molecule has 0 aliphatic heterocycles. The first-order valence-electron chi connectivity index (χ1n) is 24.3. The summed E-state index contributed by atoms with van der Waals surface area (Å²) in [5.74, 6) is -5.49. The average Bonchev–Trinajstić information content (AvgIpc) is 3.76. The number of para-hydroxylation sites is 1. The number of aromatic nitrogens is 1. The topological polar surface area (TPSA) is 330 Å². The molecular formula is C51H68N8O14S2. The van der Waals surface area contributed by atoms with E-state index in [2.05, 4.69) is 46.4 Å². The van der Waals surface area contributed by atoms with Crippen molar-refractivity contribution in [2.45, 2.75) is 121 Å². The van der Waals surface area contributed by atoms with Crippen molar-refractivity contribution in [1.82, 2.24) is 42.2 Å². The fourth-order valence-electron chi connectivity index (χ4n) is 7.60. The predicted octanol–water partition coefficient (Wildman–Crippen LogP) is 3.25. The van der Waals surface area contributed by atoms with E-state index in [9.17, 15) is 51.9 Å². The van der Waals surface area contributed by atoms with Crippen molar-refractivity contribution in [3.63, 3.8) is 0 Å². The molecule has 10 N–H and O–H groups in total. The molecule has 5 atom stereocenters. The van der Waals surface area contributed by atoms with E-state index in [1.165, 1.54) is 36.0 Å². The number of carboxylic acids is 1. The Morgan fingerprint density at radius 3 is 1.88 bits per heavy atom. The fourth-order valence-corrected chi connectivity index (χ4v) is 8.42. The van der Waals surface area contributed by atoms with Crippen LogP contribution in [0.5, 0.6) is 5.75 Å². The number of unbranched alkanes of at least 4 members (excludes halogenated alkanes) is 1. The summed E-state index contributed by atoms with van der Waals surface area (Å²) in [5.41, 5.74) is 1.82. The van der Waals surface area contributed by atoms with E-state index in [1.54, 1.807) is 39.3 Å². The Morgan fingerprint density at radius 1 is 0.680 bits per heavy atom. The van der Waals surface area contributed by atoms with Gasteiger partial charge in [0.05, 0.1) is 6.54 Å². The number of amides is 7. The average molecular weight is 1080 g/mol. The third-order valence-corrected chi connectivity index (χ3v) is 12.4. The minimum absolute atomic E-state index is 0.0744. The van der Waals surface area contributed by atoms with Crippen molar-refractivity contribution in [3.8, 4) is 5.75 Å². The quantitative estimate of drug-likeness (QED) is 0.0335. The van der Waals surface area contributed by atoms with E-state index in [1.807, 2.05) is 55.5 Å². The largest absolute Gasteiger partial charge is 0.481 e. The van der Waals surface area contributed by atoms with E-state index in [4.69, 9.17) is 9.29 Å². The molecule has 1 heterocycles. The Balaban J connectivity index is 1.51. The lowest BCUT2D eigenvalue weighted by atomic mass is 10.0. The van der Waals surface area contributed by atoms with Crippen LogP contribution in [0.3, 0.4) is 0 Å². The zero-order chi connectivity index (χ0) is 55.1. The Bertz CT molecular complexity index is 2680. The first-order chi connectivity index (χ1) is 35.5. The molecule has 24 heteroatoms. The summed E-state index contributed by atoms with van der Waals surface area (Å²) in [6.07, 6.45) is 3.41. The molecule has 0 radical (unpaired) electrons. The monoisotopic (exact) mass is 1080 g/mol. The van der Waals surface area contributed by atoms with Gasteiger partial charge in [0.1, 0.15) is 41.6 Å². The molecule has 4 aromatic rings. The summed E-state index contributed by atoms with van der Waals surface area (Å²) >= 11 is 1.39. The Kier molecular flexibility index (Phi) is 23.9. The lowest BCUT2D eigenvalue weighted by Crippen LogP contribution is -2.58. The van der Waals surface area contributed by atoms with E-state index in [-0.39, 0.29) is 44.4 Å². The number of hydrogen-bond donors (Lipinski definition) is 10. The molecule has 4 rings (SSSR count). The van der Waals surface area contributed by atoms with Gasteiger partial charge in [-0.15, -0.1) is 0 Å². The molecular weight excluding hydrogens is 1010 g/mol. The van der Waals surface area contributed by atoms with Crippen molar-refractivity contribution in [3.05, 3.63) is 102 Å². The number of nitrogens with one attached hydrogen (secondary N) is 8. The van der Waals surface area contributed by atoms with Gasteiger partial charge in [-0.05, 0) is 93.4 Å². The molecule has 22 nitrogen and oxygen atoms in total. The van der Waals surface area contributed by atoms with Gasteiger partial charge >= 0.3 is 22.5 Å². The standard InChI is InChI=1S/C51H68N8O14S2/c1-6-7-16-38(56-48(66)41(59-50(68)72-51(2,3)4)28-33-18-20-35(21-19-33)73-75(69,70)71)46(64)54-31-43(60)55-42(29-34-30-53-37-17-12-11-15-36(34)37)49(67)58-40(25-27-74-5)47(65)57-39(22-23-44(61)62)45(63)52-26-24-32-13-9-8-10-14-32/h8-15,17-21,30,38-42,53H,6-7,16,22-29,31H2,1-5H3,(H,52,63)(H,54,64)(H,55,60)(H,56,66)(H,57,65)(H,58,67)(H,59,68)(H,61,62)(H,69,70,71)/t38-,39-,40-,41-,42-/m0/s1. The first kappa shape index (κ1) is 60.4. The molecule has 0 fully saturated rings. The molecule has 0 unspecified atom stereocenters. The Hall–Kier alpha value is -7.18. The number of fused-ring (bicyclic) bond motifs is 1.